The molecule has 0 radical (unpaired) electrons. The molecule has 3 heteroatoms. The van der Waals surface area contributed by atoms with Gasteiger partial charge < -0.3 is 5.32 Å². The van der Waals surface area contributed by atoms with E-state index in [1.54, 1.807) is 0 Å². The highest BCUT2D eigenvalue weighted by Gasteiger charge is 2.23. The highest BCUT2D eigenvalue weighted by atomic mass is 35.5. The number of halogens is 1. The summed E-state index contributed by atoms with van der Waals surface area (Å²) in [4.78, 5) is 4.73. The topological polar surface area (TPSA) is 24.9 Å². The van der Waals surface area contributed by atoms with E-state index in [2.05, 4.69) is 23.5 Å². The largest absolute Gasteiger partial charge is 0.388 e. The lowest BCUT2D eigenvalue weighted by atomic mass is 9.93. The van der Waals surface area contributed by atoms with Gasteiger partial charge in [0.05, 0.1) is 5.69 Å². The fourth-order valence-electron chi connectivity index (χ4n) is 3.55. The van der Waals surface area contributed by atoms with Crippen molar-refractivity contribution in [3.63, 3.8) is 0 Å². The van der Waals surface area contributed by atoms with Gasteiger partial charge in [-0.25, -0.2) is 0 Å². The van der Waals surface area contributed by atoms with Gasteiger partial charge in [-0.15, -0.1) is 0 Å². The fraction of sp³-hybridized carbons (Fsp3) is 0.316. The fourth-order valence-corrected chi connectivity index (χ4v) is 3.74. The quantitative estimate of drug-likeness (QED) is 0.781. The van der Waals surface area contributed by atoms with E-state index in [0.717, 1.165) is 36.5 Å². The molecule has 112 valence electrons. The number of aromatic nitrogens is 1. The molecule has 1 N–H and O–H groups in total. The number of piperidine rings is 1. The Kier molecular flexibility index (Phi) is 3.63. The molecule has 0 atom stereocenters. The van der Waals surface area contributed by atoms with Gasteiger partial charge in [0, 0.05) is 29.0 Å². The maximum absolute atomic E-state index is 6.23. The second kappa shape index (κ2) is 5.77. The molecule has 2 heterocycles. The number of nitrogens with one attached hydrogen (secondary N) is 1. The van der Waals surface area contributed by atoms with Crippen LogP contribution in [0.15, 0.2) is 42.2 Å². The number of allylic oxidation sites excluding steroid dienone is 1. The normalized spacial score (nSPS) is 20.6. The first-order valence-electron chi connectivity index (χ1n) is 8.03. The number of hydrogen-bond donors (Lipinski definition) is 1. The SMILES string of the molecule is Clc1ccc2c(c1)CCc1cccnc1C2=C1CCCCN1. The third-order valence-corrected chi connectivity index (χ3v) is 4.86. The molecule has 2 nitrogen and oxygen atoms in total. The van der Waals surface area contributed by atoms with Crippen molar-refractivity contribution in [2.24, 2.45) is 0 Å². The van der Waals surface area contributed by atoms with Crippen molar-refractivity contribution in [3.8, 4) is 0 Å². The van der Waals surface area contributed by atoms with Crippen molar-refractivity contribution in [1.29, 1.82) is 0 Å². The van der Waals surface area contributed by atoms with Gasteiger partial charge in [0.15, 0.2) is 0 Å². The van der Waals surface area contributed by atoms with Crippen LogP contribution in [0.3, 0.4) is 0 Å². The highest BCUT2D eigenvalue weighted by Crippen LogP contribution is 2.36. The third kappa shape index (κ3) is 2.42. The monoisotopic (exact) mass is 310 g/mol. The molecule has 2 aromatic rings. The van der Waals surface area contributed by atoms with Crippen molar-refractivity contribution in [2.45, 2.75) is 32.1 Å². The molecule has 1 aliphatic heterocycles. The molecule has 0 bridgehead atoms. The van der Waals surface area contributed by atoms with E-state index in [9.17, 15) is 0 Å². The van der Waals surface area contributed by atoms with E-state index in [4.69, 9.17) is 16.6 Å². The minimum atomic E-state index is 0.818. The van der Waals surface area contributed by atoms with Crippen LogP contribution in [-0.4, -0.2) is 11.5 Å². The summed E-state index contributed by atoms with van der Waals surface area (Å²) in [6.45, 7) is 1.06. The molecule has 1 aliphatic carbocycles. The maximum atomic E-state index is 6.23. The van der Waals surface area contributed by atoms with Crippen LogP contribution in [0.25, 0.3) is 5.57 Å². The zero-order valence-corrected chi connectivity index (χ0v) is 13.3. The Hall–Kier alpha value is -1.80. The Balaban J connectivity index is 1.98. The first kappa shape index (κ1) is 13.8. The van der Waals surface area contributed by atoms with E-state index in [1.807, 2.05) is 18.3 Å². The van der Waals surface area contributed by atoms with Crippen LogP contribution < -0.4 is 5.32 Å². The average molecular weight is 311 g/mol. The lowest BCUT2D eigenvalue weighted by Gasteiger charge is -2.22. The third-order valence-electron chi connectivity index (χ3n) is 4.62. The Bertz CT molecular complexity index is 741. The summed E-state index contributed by atoms with van der Waals surface area (Å²) in [5, 5.41) is 4.44. The minimum Gasteiger partial charge on any atom is -0.388 e. The van der Waals surface area contributed by atoms with Gasteiger partial charge in [-0.2, -0.15) is 0 Å². The molecule has 1 aromatic heterocycles. The maximum Gasteiger partial charge on any atom is 0.0757 e. The van der Waals surface area contributed by atoms with E-state index in [-0.39, 0.29) is 0 Å². The molecule has 1 saturated heterocycles. The number of benzene rings is 1. The summed E-state index contributed by atoms with van der Waals surface area (Å²) < 4.78 is 0. The van der Waals surface area contributed by atoms with Gasteiger partial charge in [-0.05, 0) is 67.0 Å². The van der Waals surface area contributed by atoms with Crippen LogP contribution in [0, 0.1) is 0 Å². The van der Waals surface area contributed by atoms with Crippen molar-refractivity contribution >= 4 is 17.2 Å². The van der Waals surface area contributed by atoms with Crippen LogP contribution in [0.4, 0.5) is 0 Å². The zero-order chi connectivity index (χ0) is 14.9. The number of fused-ring (bicyclic) bond motifs is 2. The van der Waals surface area contributed by atoms with Crippen LogP contribution in [0.2, 0.25) is 5.02 Å². The molecule has 1 aromatic carbocycles. The number of pyridine rings is 1. The smallest absolute Gasteiger partial charge is 0.0757 e. The van der Waals surface area contributed by atoms with Gasteiger partial charge >= 0.3 is 0 Å². The van der Waals surface area contributed by atoms with E-state index < -0.39 is 0 Å². The molecule has 22 heavy (non-hydrogen) atoms. The first-order chi connectivity index (χ1) is 10.8. The van der Waals surface area contributed by atoms with Gasteiger partial charge in [0.1, 0.15) is 0 Å². The van der Waals surface area contributed by atoms with E-state index >= 15 is 0 Å². The van der Waals surface area contributed by atoms with Gasteiger partial charge in [0.25, 0.3) is 0 Å². The summed E-state index contributed by atoms with van der Waals surface area (Å²) >= 11 is 6.23. The lowest BCUT2D eigenvalue weighted by molar-refractivity contribution is 0.590. The number of aryl methyl sites for hydroxylation is 2. The molecule has 0 amide bonds. The molecule has 2 aliphatic rings. The molecule has 0 unspecified atom stereocenters. The van der Waals surface area contributed by atoms with Crippen LogP contribution in [-0.2, 0) is 12.8 Å². The Labute approximate surface area is 136 Å². The number of hydrogen-bond acceptors (Lipinski definition) is 2. The Morgan fingerprint density at radius 3 is 2.77 bits per heavy atom. The second-order valence-electron chi connectivity index (χ2n) is 6.05. The molecule has 0 saturated carbocycles. The van der Waals surface area contributed by atoms with Crippen molar-refractivity contribution in [1.82, 2.24) is 10.3 Å². The van der Waals surface area contributed by atoms with E-state index in [1.165, 1.54) is 40.8 Å². The first-order valence-corrected chi connectivity index (χ1v) is 8.41. The number of nitrogens with zero attached hydrogens (tertiary/aromatic N) is 1. The highest BCUT2D eigenvalue weighted by molar-refractivity contribution is 6.30. The number of rotatable bonds is 0. The molecular weight excluding hydrogens is 292 g/mol. The zero-order valence-electron chi connectivity index (χ0n) is 12.5. The molecule has 0 spiro atoms. The van der Waals surface area contributed by atoms with Crippen molar-refractivity contribution in [3.05, 3.63) is 69.6 Å². The van der Waals surface area contributed by atoms with Crippen LogP contribution in [0.1, 0.15) is 41.6 Å². The second-order valence-corrected chi connectivity index (χ2v) is 6.49. The predicted molar refractivity (Wildman–Crippen MR) is 91.0 cm³/mol. The Morgan fingerprint density at radius 1 is 1.00 bits per heavy atom. The Morgan fingerprint density at radius 2 is 1.91 bits per heavy atom. The van der Waals surface area contributed by atoms with Gasteiger partial charge in [0.2, 0.25) is 0 Å². The van der Waals surface area contributed by atoms with Gasteiger partial charge in [-0.3, -0.25) is 4.98 Å². The summed E-state index contributed by atoms with van der Waals surface area (Å²) in [5.74, 6) is 0. The van der Waals surface area contributed by atoms with E-state index in [0.29, 0.717) is 0 Å². The summed E-state index contributed by atoms with van der Waals surface area (Å²) in [7, 11) is 0. The summed E-state index contributed by atoms with van der Waals surface area (Å²) in [6, 6.07) is 10.5. The van der Waals surface area contributed by atoms with Crippen LogP contribution in [0.5, 0.6) is 0 Å². The average Bonchev–Trinajstić information content (AvgIpc) is 2.72. The van der Waals surface area contributed by atoms with Crippen molar-refractivity contribution in [2.75, 3.05) is 6.54 Å². The summed E-state index contributed by atoms with van der Waals surface area (Å²) in [5.41, 5.74) is 7.75. The summed E-state index contributed by atoms with van der Waals surface area (Å²) in [6.07, 6.45) is 7.55. The molecular formula is C19H19ClN2. The lowest BCUT2D eigenvalue weighted by Crippen LogP contribution is -2.22. The van der Waals surface area contributed by atoms with Crippen molar-refractivity contribution < 1.29 is 0 Å². The van der Waals surface area contributed by atoms with Gasteiger partial charge in [-0.1, -0.05) is 23.7 Å². The predicted octanol–water partition coefficient (Wildman–Crippen LogP) is 4.37. The molecule has 1 fully saturated rings. The minimum absolute atomic E-state index is 0.818. The molecule has 4 rings (SSSR count). The standard InChI is InChI=1S/C19H19ClN2/c20-15-8-9-16-14(12-15)7-6-13-4-3-11-22-19(13)18(16)17-5-1-2-10-21-17/h3-4,8-9,11-12,21H,1-2,5-7,10H2. The van der Waals surface area contributed by atoms with Crippen LogP contribution >= 0.6 is 11.6 Å².